The lowest BCUT2D eigenvalue weighted by molar-refractivity contribution is 0.0943. The number of carbonyl (C=O) groups excluding carboxylic acids is 1. The lowest BCUT2D eigenvalue weighted by atomic mass is 9.98. The summed E-state index contributed by atoms with van der Waals surface area (Å²) in [5.74, 6) is -0.107. The number of carbonyl (C=O) groups is 1. The van der Waals surface area contributed by atoms with Crippen LogP contribution in [0.2, 0.25) is 0 Å². The van der Waals surface area contributed by atoms with Crippen LogP contribution in [0.1, 0.15) is 27.5 Å². The minimum Gasteiger partial charge on any atom is -0.341 e. The first-order chi connectivity index (χ1) is 13.3. The maximum absolute atomic E-state index is 12.9. The van der Waals surface area contributed by atoms with Crippen molar-refractivity contribution in [3.63, 3.8) is 0 Å². The van der Waals surface area contributed by atoms with Crippen LogP contribution >= 0.6 is 0 Å². The fraction of sp³-hybridized carbons (Fsp3) is 0.0435. The van der Waals surface area contributed by atoms with Gasteiger partial charge in [-0.05, 0) is 35.4 Å². The molecule has 0 aliphatic rings. The first-order valence-corrected chi connectivity index (χ1v) is 8.80. The number of hydrogen-bond acceptors (Lipinski definition) is 2. The highest BCUT2D eigenvalue weighted by Gasteiger charge is 2.17. The predicted octanol–water partition coefficient (Wildman–Crippen LogP) is 4.39. The van der Waals surface area contributed by atoms with Crippen LogP contribution < -0.4 is 5.32 Å². The number of benzene rings is 3. The monoisotopic (exact) mass is 353 g/mol. The minimum absolute atomic E-state index is 0.107. The number of nitrogens with zero attached hydrogens (tertiary/aromatic N) is 2. The summed E-state index contributed by atoms with van der Waals surface area (Å²) in [5.41, 5.74) is 3.68. The van der Waals surface area contributed by atoms with E-state index in [0.29, 0.717) is 5.56 Å². The molecule has 0 saturated heterocycles. The van der Waals surface area contributed by atoms with Crippen molar-refractivity contribution in [3.8, 4) is 5.69 Å². The van der Waals surface area contributed by atoms with E-state index in [9.17, 15) is 4.79 Å². The summed E-state index contributed by atoms with van der Waals surface area (Å²) in [6, 6.07) is 27.3. The van der Waals surface area contributed by atoms with Crippen molar-refractivity contribution in [1.29, 1.82) is 0 Å². The molecule has 27 heavy (non-hydrogen) atoms. The second kappa shape index (κ2) is 7.70. The summed E-state index contributed by atoms with van der Waals surface area (Å²) in [4.78, 5) is 16.9. The molecule has 4 heteroatoms. The van der Waals surface area contributed by atoms with E-state index in [0.717, 1.165) is 16.8 Å². The lowest BCUT2D eigenvalue weighted by Gasteiger charge is -2.20. The lowest BCUT2D eigenvalue weighted by Crippen LogP contribution is -2.29. The smallest absolute Gasteiger partial charge is 0.252 e. The normalized spacial score (nSPS) is 10.7. The van der Waals surface area contributed by atoms with Gasteiger partial charge in [-0.25, -0.2) is 4.98 Å². The van der Waals surface area contributed by atoms with Crippen molar-refractivity contribution in [2.45, 2.75) is 6.04 Å². The van der Waals surface area contributed by atoms with Gasteiger partial charge in [0.05, 0.1) is 12.4 Å². The summed E-state index contributed by atoms with van der Waals surface area (Å²) >= 11 is 0. The standard InChI is InChI=1S/C23H19N3O/c27-23(20-11-13-21(14-12-20)26-16-15-24-17-26)25-22(18-7-3-1-4-8-18)19-9-5-2-6-10-19/h1-17,22H,(H,25,27). The van der Waals surface area contributed by atoms with E-state index in [2.05, 4.69) is 10.3 Å². The van der Waals surface area contributed by atoms with Crippen LogP contribution in [0.3, 0.4) is 0 Å². The molecule has 0 saturated carbocycles. The fourth-order valence-corrected chi connectivity index (χ4v) is 3.06. The molecule has 3 aromatic carbocycles. The van der Waals surface area contributed by atoms with Crippen molar-refractivity contribution in [2.24, 2.45) is 0 Å². The molecule has 0 bridgehead atoms. The molecule has 1 amide bonds. The molecule has 0 radical (unpaired) electrons. The van der Waals surface area contributed by atoms with Gasteiger partial charge in [0.15, 0.2) is 0 Å². The van der Waals surface area contributed by atoms with Crippen molar-refractivity contribution in [2.75, 3.05) is 0 Å². The van der Waals surface area contributed by atoms with Crippen LogP contribution in [0.25, 0.3) is 5.69 Å². The third-order valence-corrected chi connectivity index (χ3v) is 4.47. The highest BCUT2D eigenvalue weighted by atomic mass is 16.1. The SMILES string of the molecule is O=C(NC(c1ccccc1)c1ccccc1)c1ccc(-n2ccnc2)cc1. The number of rotatable bonds is 5. The summed E-state index contributed by atoms with van der Waals surface area (Å²) < 4.78 is 1.90. The fourth-order valence-electron chi connectivity index (χ4n) is 3.06. The van der Waals surface area contributed by atoms with Crippen LogP contribution in [0.4, 0.5) is 0 Å². The predicted molar refractivity (Wildman–Crippen MR) is 106 cm³/mol. The second-order valence-electron chi connectivity index (χ2n) is 6.24. The highest BCUT2D eigenvalue weighted by molar-refractivity contribution is 5.94. The van der Waals surface area contributed by atoms with E-state index in [-0.39, 0.29) is 11.9 Å². The molecule has 4 nitrogen and oxygen atoms in total. The molecule has 132 valence electrons. The zero-order valence-corrected chi connectivity index (χ0v) is 14.7. The summed E-state index contributed by atoms with van der Waals surface area (Å²) in [5, 5.41) is 3.16. The second-order valence-corrected chi connectivity index (χ2v) is 6.24. The minimum atomic E-state index is -0.201. The Kier molecular flexibility index (Phi) is 4.79. The van der Waals surface area contributed by atoms with Gasteiger partial charge in [0.1, 0.15) is 0 Å². The highest BCUT2D eigenvalue weighted by Crippen LogP contribution is 2.22. The molecule has 1 aromatic heterocycles. The largest absolute Gasteiger partial charge is 0.341 e. The Morgan fingerprint density at radius 3 is 1.93 bits per heavy atom. The molecular formula is C23H19N3O. The third-order valence-electron chi connectivity index (χ3n) is 4.47. The average Bonchev–Trinajstić information content (AvgIpc) is 3.28. The van der Waals surface area contributed by atoms with E-state index >= 15 is 0 Å². The molecule has 0 atom stereocenters. The van der Waals surface area contributed by atoms with Gasteiger partial charge in [-0.15, -0.1) is 0 Å². The van der Waals surface area contributed by atoms with Crippen LogP contribution in [0.15, 0.2) is 104 Å². The van der Waals surface area contributed by atoms with E-state index in [1.165, 1.54) is 0 Å². The Hall–Kier alpha value is -3.66. The molecule has 0 fully saturated rings. The summed E-state index contributed by atoms with van der Waals surface area (Å²) in [6.07, 6.45) is 5.33. The van der Waals surface area contributed by atoms with E-state index in [1.807, 2.05) is 95.7 Å². The quantitative estimate of drug-likeness (QED) is 0.578. The summed E-state index contributed by atoms with van der Waals surface area (Å²) in [7, 11) is 0. The molecule has 0 spiro atoms. The van der Waals surface area contributed by atoms with E-state index in [4.69, 9.17) is 0 Å². The van der Waals surface area contributed by atoms with Gasteiger partial charge in [-0.1, -0.05) is 60.7 Å². The Bertz CT molecular complexity index is 955. The number of amides is 1. The Morgan fingerprint density at radius 1 is 0.815 bits per heavy atom. The zero-order chi connectivity index (χ0) is 18.5. The van der Waals surface area contributed by atoms with Crippen molar-refractivity contribution in [1.82, 2.24) is 14.9 Å². The third kappa shape index (κ3) is 3.80. The van der Waals surface area contributed by atoms with Gasteiger partial charge in [0.25, 0.3) is 5.91 Å². The Morgan fingerprint density at radius 2 is 1.41 bits per heavy atom. The van der Waals surface area contributed by atoms with E-state index in [1.54, 1.807) is 12.5 Å². The Balaban J connectivity index is 1.58. The maximum Gasteiger partial charge on any atom is 0.252 e. The molecule has 4 rings (SSSR count). The van der Waals surface area contributed by atoms with Gasteiger partial charge >= 0.3 is 0 Å². The number of imidazole rings is 1. The van der Waals surface area contributed by atoms with E-state index < -0.39 is 0 Å². The van der Waals surface area contributed by atoms with Crippen LogP contribution in [-0.2, 0) is 0 Å². The molecule has 1 N–H and O–H groups in total. The molecular weight excluding hydrogens is 334 g/mol. The van der Waals surface area contributed by atoms with Crippen molar-refractivity contribution < 1.29 is 4.79 Å². The number of nitrogens with one attached hydrogen (secondary N) is 1. The van der Waals surface area contributed by atoms with Gasteiger partial charge < -0.3 is 9.88 Å². The molecule has 4 aromatic rings. The molecule has 0 unspecified atom stereocenters. The number of hydrogen-bond donors (Lipinski definition) is 1. The molecule has 0 aliphatic carbocycles. The zero-order valence-electron chi connectivity index (χ0n) is 14.7. The van der Waals surface area contributed by atoms with Crippen LogP contribution in [0, 0.1) is 0 Å². The maximum atomic E-state index is 12.9. The first kappa shape index (κ1) is 16.8. The topological polar surface area (TPSA) is 46.9 Å². The van der Waals surface area contributed by atoms with Crippen molar-refractivity contribution >= 4 is 5.91 Å². The van der Waals surface area contributed by atoms with Crippen LogP contribution in [0.5, 0.6) is 0 Å². The van der Waals surface area contributed by atoms with Crippen molar-refractivity contribution in [3.05, 3.63) is 120 Å². The molecule has 0 aliphatic heterocycles. The first-order valence-electron chi connectivity index (χ1n) is 8.80. The average molecular weight is 353 g/mol. The van der Waals surface area contributed by atoms with Crippen LogP contribution in [-0.4, -0.2) is 15.5 Å². The van der Waals surface area contributed by atoms with Gasteiger partial charge in [0, 0.05) is 23.6 Å². The number of aromatic nitrogens is 2. The Labute approximate surface area is 158 Å². The summed E-state index contributed by atoms with van der Waals surface area (Å²) in [6.45, 7) is 0. The van der Waals surface area contributed by atoms with Gasteiger partial charge in [-0.2, -0.15) is 0 Å². The van der Waals surface area contributed by atoms with Gasteiger partial charge in [-0.3, -0.25) is 4.79 Å². The van der Waals surface area contributed by atoms with Gasteiger partial charge in [0.2, 0.25) is 0 Å². The molecule has 1 heterocycles.